The summed E-state index contributed by atoms with van der Waals surface area (Å²) in [5.41, 5.74) is 0.816. The van der Waals surface area contributed by atoms with Gasteiger partial charge in [0.15, 0.2) is 0 Å². The van der Waals surface area contributed by atoms with E-state index in [0.717, 1.165) is 0 Å². The van der Waals surface area contributed by atoms with Gasteiger partial charge in [0.05, 0.1) is 22.7 Å². The molecule has 0 saturated heterocycles. The Bertz CT molecular complexity index is 659. The maximum Gasteiger partial charge on any atom is 0.261 e. The Morgan fingerprint density at radius 1 is 1.20 bits per heavy atom. The average molecular weight is 285 g/mol. The molecule has 0 bridgehead atoms. The molecule has 0 aliphatic heterocycles. The highest BCUT2D eigenvalue weighted by Gasteiger charge is 2.10. The number of anilines is 1. The summed E-state index contributed by atoms with van der Waals surface area (Å²) < 4.78 is 0. The van der Waals surface area contributed by atoms with Gasteiger partial charge in [0.25, 0.3) is 5.91 Å². The Morgan fingerprint density at radius 2 is 2.00 bits per heavy atom. The molecule has 0 aliphatic rings. The van der Waals surface area contributed by atoms with Gasteiger partial charge in [0.1, 0.15) is 6.07 Å². The van der Waals surface area contributed by atoms with E-state index in [1.54, 1.807) is 41.8 Å². The minimum absolute atomic E-state index is 0.142. The Morgan fingerprint density at radius 3 is 2.70 bits per heavy atom. The summed E-state index contributed by atoms with van der Waals surface area (Å²) in [4.78, 5) is 23.9. The Labute approximate surface area is 119 Å². The number of benzene rings is 1. The van der Waals surface area contributed by atoms with E-state index in [9.17, 15) is 9.59 Å². The van der Waals surface area contributed by atoms with Crippen LogP contribution in [0, 0.1) is 11.3 Å². The molecule has 2 amide bonds. The third-order valence-electron chi connectivity index (χ3n) is 2.48. The molecule has 5 nitrogen and oxygen atoms in total. The summed E-state index contributed by atoms with van der Waals surface area (Å²) in [6, 6.07) is 12.1. The Balaban J connectivity index is 1.90. The zero-order valence-electron chi connectivity index (χ0n) is 10.4. The lowest BCUT2D eigenvalue weighted by molar-refractivity contribution is -0.115. The molecule has 1 aromatic heterocycles. The van der Waals surface area contributed by atoms with Gasteiger partial charge in [-0.05, 0) is 23.6 Å². The highest BCUT2D eigenvalue weighted by Crippen LogP contribution is 2.13. The fraction of sp³-hybridized carbons (Fsp3) is 0.0714. The van der Waals surface area contributed by atoms with E-state index in [1.165, 1.54) is 11.3 Å². The van der Waals surface area contributed by atoms with E-state index < -0.39 is 0 Å². The van der Waals surface area contributed by atoms with Crippen molar-refractivity contribution in [1.29, 1.82) is 5.26 Å². The minimum atomic E-state index is -0.377. The van der Waals surface area contributed by atoms with Crippen molar-refractivity contribution in [1.82, 2.24) is 5.32 Å². The molecule has 0 saturated carbocycles. The molecule has 1 heterocycles. The number of nitrogens with zero attached hydrogens (tertiary/aromatic N) is 1. The number of nitrogens with one attached hydrogen (secondary N) is 2. The lowest BCUT2D eigenvalue weighted by Crippen LogP contribution is -2.32. The van der Waals surface area contributed by atoms with E-state index >= 15 is 0 Å². The lowest BCUT2D eigenvalue weighted by atomic mass is 10.2. The number of carbonyl (C=O) groups is 2. The summed E-state index contributed by atoms with van der Waals surface area (Å²) in [6.45, 7) is -0.142. The predicted octanol–water partition coefficient (Wildman–Crippen LogP) is 1.99. The average Bonchev–Trinajstić information content (AvgIpc) is 2.99. The van der Waals surface area contributed by atoms with Crippen LogP contribution in [0.4, 0.5) is 5.69 Å². The van der Waals surface area contributed by atoms with Crippen LogP contribution in [0.5, 0.6) is 0 Å². The second-order valence-corrected chi connectivity index (χ2v) is 4.81. The molecule has 0 atom stereocenters. The number of rotatable bonds is 4. The van der Waals surface area contributed by atoms with Gasteiger partial charge in [-0.15, -0.1) is 11.3 Å². The SMILES string of the molecule is N#Cc1ccccc1NC(=O)CNC(=O)c1cccs1. The van der Waals surface area contributed by atoms with Crippen LogP contribution < -0.4 is 10.6 Å². The standard InChI is InChI=1S/C14H11N3O2S/c15-8-10-4-1-2-5-11(10)17-13(18)9-16-14(19)12-6-3-7-20-12/h1-7H,9H2,(H,16,19)(H,17,18). The zero-order chi connectivity index (χ0) is 14.4. The van der Waals surface area contributed by atoms with Crippen molar-refractivity contribution in [3.63, 3.8) is 0 Å². The van der Waals surface area contributed by atoms with Crippen molar-refractivity contribution < 1.29 is 9.59 Å². The van der Waals surface area contributed by atoms with Crippen LogP contribution in [-0.4, -0.2) is 18.4 Å². The van der Waals surface area contributed by atoms with Gasteiger partial charge in [-0.1, -0.05) is 18.2 Å². The molecule has 2 N–H and O–H groups in total. The van der Waals surface area contributed by atoms with Crippen LogP contribution in [-0.2, 0) is 4.79 Å². The number of hydrogen-bond donors (Lipinski definition) is 2. The largest absolute Gasteiger partial charge is 0.342 e. The van der Waals surface area contributed by atoms with Gasteiger partial charge in [0, 0.05) is 0 Å². The van der Waals surface area contributed by atoms with Crippen molar-refractivity contribution in [2.75, 3.05) is 11.9 Å². The van der Waals surface area contributed by atoms with Crippen molar-refractivity contribution in [3.8, 4) is 6.07 Å². The summed E-state index contributed by atoms with van der Waals surface area (Å²) in [5.74, 6) is -0.665. The van der Waals surface area contributed by atoms with Gasteiger partial charge in [-0.3, -0.25) is 9.59 Å². The first-order valence-electron chi connectivity index (χ1n) is 5.81. The third kappa shape index (κ3) is 3.43. The van der Waals surface area contributed by atoms with Crippen LogP contribution in [0.15, 0.2) is 41.8 Å². The van der Waals surface area contributed by atoms with Crippen LogP contribution in [0.1, 0.15) is 15.2 Å². The van der Waals surface area contributed by atoms with Crippen LogP contribution in [0.3, 0.4) is 0 Å². The molecular formula is C14H11N3O2S. The number of hydrogen-bond acceptors (Lipinski definition) is 4. The number of para-hydroxylation sites is 1. The van der Waals surface area contributed by atoms with E-state index in [1.807, 2.05) is 6.07 Å². The predicted molar refractivity (Wildman–Crippen MR) is 76.4 cm³/mol. The molecular weight excluding hydrogens is 274 g/mol. The monoisotopic (exact) mass is 285 g/mol. The van der Waals surface area contributed by atoms with Gasteiger partial charge in [-0.25, -0.2) is 0 Å². The summed E-state index contributed by atoms with van der Waals surface area (Å²) in [5, 5.41) is 15.8. The molecule has 100 valence electrons. The van der Waals surface area contributed by atoms with Gasteiger partial charge in [-0.2, -0.15) is 5.26 Å². The van der Waals surface area contributed by atoms with Crippen molar-refractivity contribution in [2.24, 2.45) is 0 Å². The molecule has 0 fully saturated rings. The molecule has 0 unspecified atom stereocenters. The van der Waals surface area contributed by atoms with Gasteiger partial charge < -0.3 is 10.6 Å². The number of thiophene rings is 1. The molecule has 20 heavy (non-hydrogen) atoms. The van der Waals surface area contributed by atoms with Crippen LogP contribution in [0.2, 0.25) is 0 Å². The van der Waals surface area contributed by atoms with E-state index in [2.05, 4.69) is 10.6 Å². The topological polar surface area (TPSA) is 82.0 Å². The maximum atomic E-state index is 11.7. The maximum absolute atomic E-state index is 11.7. The second kappa shape index (κ2) is 6.50. The van der Waals surface area contributed by atoms with Gasteiger partial charge in [0.2, 0.25) is 5.91 Å². The molecule has 0 radical (unpaired) electrons. The highest BCUT2D eigenvalue weighted by molar-refractivity contribution is 7.12. The van der Waals surface area contributed by atoms with Crippen LogP contribution in [0.25, 0.3) is 0 Å². The fourth-order valence-electron chi connectivity index (χ4n) is 1.54. The molecule has 2 rings (SSSR count). The molecule has 0 aliphatic carbocycles. The van der Waals surface area contributed by atoms with Crippen molar-refractivity contribution in [2.45, 2.75) is 0 Å². The molecule has 6 heteroatoms. The van der Waals surface area contributed by atoms with Crippen LogP contribution >= 0.6 is 11.3 Å². The quantitative estimate of drug-likeness (QED) is 0.901. The first-order valence-corrected chi connectivity index (χ1v) is 6.69. The Kier molecular flexibility index (Phi) is 4.47. The summed E-state index contributed by atoms with van der Waals surface area (Å²) in [6.07, 6.45) is 0. The third-order valence-corrected chi connectivity index (χ3v) is 3.34. The molecule has 0 spiro atoms. The smallest absolute Gasteiger partial charge is 0.261 e. The molecule has 1 aromatic carbocycles. The van der Waals surface area contributed by atoms with Gasteiger partial charge >= 0.3 is 0 Å². The van der Waals surface area contributed by atoms with E-state index in [4.69, 9.17) is 5.26 Å². The fourth-order valence-corrected chi connectivity index (χ4v) is 2.18. The zero-order valence-corrected chi connectivity index (χ0v) is 11.2. The summed E-state index contributed by atoms with van der Waals surface area (Å²) in [7, 11) is 0. The second-order valence-electron chi connectivity index (χ2n) is 3.87. The number of nitriles is 1. The van der Waals surface area contributed by atoms with Crippen molar-refractivity contribution in [3.05, 3.63) is 52.2 Å². The van der Waals surface area contributed by atoms with E-state index in [-0.39, 0.29) is 18.4 Å². The number of amides is 2. The number of carbonyl (C=O) groups excluding carboxylic acids is 2. The molecule has 2 aromatic rings. The summed E-state index contributed by atoms with van der Waals surface area (Å²) >= 11 is 1.31. The van der Waals surface area contributed by atoms with Crippen molar-refractivity contribution >= 4 is 28.8 Å². The van der Waals surface area contributed by atoms with E-state index in [0.29, 0.717) is 16.1 Å². The lowest BCUT2D eigenvalue weighted by Gasteiger charge is -2.07. The normalized spacial score (nSPS) is 9.55. The first-order chi connectivity index (χ1) is 9.70. The first kappa shape index (κ1) is 13.8. The minimum Gasteiger partial charge on any atom is -0.342 e. The highest BCUT2D eigenvalue weighted by atomic mass is 32.1. The Hall–Kier alpha value is -2.65.